The lowest BCUT2D eigenvalue weighted by atomic mass is 10.0. The molecule has 0 saturated carbocycles. The Morgan fingerprint density at radius 3 is 2.10 bits per heavy atom. The third-order valence-corrected chi connectivity index (χ3v) is 2.26. The van der Waals surface area contributed by atoms with Crippen molar-refractivity contribution >= 4 is 18.0 Å². The van der Waals surface area contributed by atoms with Crippen LogP contribution in [0, 0.1) is 5.92 Å². The molecule has 7 heteroatoms. The van der Waals surface area contributed by atoms with Gasteiger partial charge in [0, 0.05) is 11.8 Å². The molecule has 21 heavy (non-hydrogen) atoms. The van der Waals surface area contributed by atoms with E-state index >= 15 is 0 Å². The maximum absolute atomic E-state index is 12.0. The first-order chi connectivity index (χ1) is 9.42. The first-order valence-electron chi connectivity index (χ1n) is 6.64. The number of aliphatic carboxylic acids is 1. The largest absolute Gasteiger partial charge is 0.478 e. The summed E-state index contributed by atoms with van der Waals surface area (Å²) < 4.78 is 5.24. The zero-order valence-electron chi connectivity index (χ0n) is 13.3. The van der Waals surface area contributed by atoms with Gasteiger partial charge in [-0.15, -0.1) is 0 Å². The summed E-state index contributed by atoms with van der Waals surface area (Å²) in [5.74, 6) is -1.87. The second-order valence-electron chi connectivity index (χ2n) is 6.02. The Hall–Kier alpha value is -2.05. The van der Waals surface area contributed by atoms with Crippen molar-refractivity contribution in [1.82, 2.24) is 10.6 Å². The minimum Gasteiger partial charge on any atom is -0.478 e. The molecular formula is C14H24N2O5. The van der Waals surface area contributed by atoms with Crippen molar-refractivity contribution in [3.8, 4) is 0 Å². The van der Waals surface area contributed by atoms with E-state index in [0.717, 1.165) is 6.08 Å². The topological polar surface area (TPSA) is 105 Å². The monoisotopic (exact) mass is 300 g/mol. The fourth-order valence-corrected chi connectivity index (χ4v) is 1.44. The van der Waals surface area contributed by atoms with E-state index in [1.54, 1.807) is 34.6 Å². The Bertz CT molecular complexity index is 435. The van der Waals surface area contributed by atoms with Crippen LogP contribution in [-0.2, 0) is 14.3 Å². The average molecular weight is 300 g/mol. The summed E-state index contributed by atoms with van der Waals surface area (Å²) in [5.41, 5.74) is -0.492. The molecule has 1 unspecified atom stereocenters. The molecule has 0 heterocycles. The standard InChI is InChI=1S/C14H24N2O5/c1-8(2)11(12(19)21-14(4,5)6)16-13(20)15-9(3)7-10(17)18/h7-8,11H,1-6H3,(H,17,18)(H2,15,16,20)/b9-7-. The highest BCUT2D eigenvalue weighted by molar-refractivity contribution is 5.86. The number of carbonyl (C=O) groups is 3. The fraction of sp³-hybridized carbons (Fsp3) is 0.643. The number of allylic oxidation sites excluding steroid dienone is 1. The van der Waals surface area contributed by atoms with Gasteiger partial charge in [-0.3, -0.25) is 0 Å². The van der Waals surface area contributed by atoms with Gasteiger partial charge >= 0.3 is 18.0 Å². The van der Waals surface area contributed by atoms with Crippen LogP contribution in [0.15, 0.2) is 11.8 Å². The number of hydrogen-bond donors (Lipinski definition) is 3. The number of rotatable bonds is 5. The van der Waals surface area contributed by atoms with E-state index in [9.17, 15) is 14.4 Å². The highest BCUT2D eigenvalue weighted by Crippen LogP contribution is 2.12. The number of nitrogens with one attached hydrogen (secondary N) is 2. The van der Waals surface area contributed by atoms with Crippen LogP contribution in [-0.4, -0.2) is 34.7 Å². The summed E-state index contributed by atoms with van der Waals surface area (Å²) in [6, 6.07) is -1.48. The van der Waals surface area contributed by atoms with Crippen LogP contribution in [0.1, 0.15) is 41.5 Å². The lowest BCUT2D eigenvalue weighted by Crippen LogP contribution is -2.50. The van der Waals surface area contributed by atoms with Crippen LogP contribution in [0.2, 0.25) is 0 Å². The van der Waals surface area contributed by atoms with Crippen LogP contribution in [0.4, 0.5) is 4.79 Å². The highest BCUT2D eigenvalue weighted by Gasteiger charge is 2.29. The molecule has 3 N–H and O–H groups in total. The summed E-state index contributed by atoms with van der Waals surface area (Å²) in [6.45, 7) is 10.2. The lowest BCUT2D eigenvalue weighted by molar-refractivity contribution is -0.158. The van der Waals surface area contributed by atoms with Crippen LogP contribution in [0.5, 0.6) is 0 Å². The van der Waals surface area contributed by atoms with Crippen molar-refractivity contribution in [1.29, 1.82) is 0 Å². The average Bonchev–Trinajstić information content (AvgIpc) is 2.21. The van der Waals surface area contributed by atoms with E-state index < -0.39 is 29.6 Å². The molecule has 7 nitrogen and oxygen atoms in total. The molecule has 0 aromatic carbocycles. The van der Waals surface area contributed by atoms with Gasteiger partial charge in [0.2, 0.25) is 0 Å². The molecule has 0 aromatic heterocycles. The number of hydrogen-bond acceptors (Lipinski definition) is 4. The molecule has 0 rings (SSSR count). The van der Waals surface area contributed by atoms with Gasteiger partial charge in [0.15, 0.2) is 0 Å². The van der Waals surface area contributed by atoms with Crippen molar-refractivity contribution in [3.63, 3.8) is 0 Å². The predicted octanol–water partition coefficient (Wildman–Crippen LogP) is 1.64. The zero-order valence-corrected chi connectivity index (χ0v) is 13.3. The Morgan fingerprint density at radius 2 is 1.71 bits per heavy atom. The molecule has 0 fully saturated rings. The Balaban J connectivity index is 4.76. The second-order valence-corrected chi connectivity index (χ2v) is 6.02. The van der Waals surface area contributed by atoms with Gasteiger partial charge in [-0.05, 0) is 33.6 Å². The number of carboxylic acids is 1. The van der Waals surface area contributed by atoms with E-state index in [2.05, 4.69) is 10.6 Å². The third kappa shape index (κ3) is 8.67. The van der Waals surface area contributed by atoms with Crippen LogP contribution in [0.25, 0.3) is 0 Å². The molecule has 0 bridgehead atoms. The summed E-state index contributed by atoms with van der Waals surface area (Å²) in [7, 11) is 0. The molecule has 0 aliphatic carbocycles. The van der Waals surface area contributed by atoms with E-state index in [0.29, 0.717) is 0 Å². The van der Waals surface area contributed by atoms with Gasteiger partial charge in [-0.1, -0.05) is 13.8 Å². The number of carboxylic acid groups (broad SMARTS) is 1. The predicted molar refractivity (Wildman–Crippen MR) is 77.5 cm³/mol. The zero-order chi connectivity index (χ0) is 16.8. The molecule has 120 valence electrons. The fourth-order valence-electron chi connectivity index (χ4n) is 1.44. The smallest absolute Gasteiger partial charge is 0.330 e. The Labute approximate surface area is 124 Å². The molecule has 0 aliphatic heterocycles. The minimum absolute atomic E-state index is 0.159. The van der Waals surface area contributed by atoms with E-state index in [1.807, 2.05) is 0 Å². The number of amides is 2. The molecule has 0 spiro atoms. The molecule has 0 saturated heterocycles. The summed E-state index contributed by atoms with van der Waals surface area (Å²) in [6.07, 6.45) is 0.859. The van der Waals surface area contributed by atoms with E-state index in [1.165, 1.54) is 6.92 Å². The molecular weight excluding hydrogens is 276 g/mol. The van der Waals surface area contributed by atoms with Crippen molar-refractivity contribution in [2.24, 2.45) is 5.92 Å². The maximum atomic E-state index is 12.0. The van der Waals surface area contributed by atoms with Gasteiger partial charge in [0.1, 0.15) is 11.6 Å². The quantitative estimate of drug-likeness (QED) is 0.529. The Morgan fingerprint density at radius 1 is 1.19 bits per heavy atom. The van der Waals surface area contributed by atoms with Crippen molar-refractivity contribution in [2.45, 2.75) is 53.2 Å². The van der Waals surface area contributed by atoms with Gasteiger partial charge < -0.3 is 20.5 Å². The van der Waals surface area contributed by atoms with Gasteiger partial charge in [-0.25, -0.2) is 14.4 Å². The highest BCUT2D eigenvalue weighted by atomic mass is 16.6. The third-order valence-electron chi connectivity index (χ3n) is 2.26. The van der Waals surface area contributed by atoms with Crippen LogP contribution >= 0.6 is 0 Å². The second kappa shape index (κ2) is 7.66. The van der Waals surface area contributed by atoms with Crippen LogP contribution in [0.3, 0.4) is 0 Å². The number of ether oxygens (including phenoxy) is 1. The van der Waals surface area contributed by atoms with Crippen LogP contribution < -0.4 is 10.6 Å². The van der Waals surface area contributed by atoms with Crippen molar-refractivity contribution < 1.29 is 24.2 Å². The van der Waals surface area contributed by atoms with Gasteiger partial charge in [0.05, 0.1) is 0 Å². The van der Waals surface area contributed by atoms with E-state index in [4.69, 9.17) is 9.84 Å². The van der Waals surface area contributed by atoms with Gasteiger partial charge in [-0.2, -0.15) is 0 Å². The minimum atomic E-state index is -1.17. The molecule has 0 aromatic rings. The van der Waals surface area contributed by atoms with E-state index in [-0.39, 0.29) is 11.6 Å². The first kappa shape index (κ1) is 18.9. The summed E-state index contributed by atoms with van der Waals surface area (Å²) >= 11 is 0. The summed E-state index contributed by atoms with van der Waals surface area (Å²) in [5, 5.41) is 13.4. The van der Waals surface area contributed by atoms with Crippen molar-refractivity contribution in [2.75, 3.05) is 0 Å². The maximum Gasteiger partial charge on any atom is 0.330 e. The normalized spacial score (nSPS) is 13.6. The molecule has 0 aliphatic rings. The number of carbonyl (C=O) groups excluding carboxylic acids is 2. The first-order valence-corrected chi connectivity index (χ1v) is 6.64. The molecule has 2 amide bonds. The SMILES string of the molecule is C/C(=C/C(=O)O)NC(=O)NC(C(=O)OC(C)(C)C)C(C)C. The molecule has 1 atom stereocenters. The number of urea groups is 1. The molecule has 0 radical (unpaired) electrons. The lowest BCUT2D eigenvalue weighted by Gasteiger charge is -2.26. The summed E-state index contributed by atoms with van der Waals surface area (Å²) in [4.78, 5) is 34.2. The van der Waals surface area contributed by atoms with Gasteiger partial charge in [0.25, 0.3) is 0 Å². The van der Waals surface area contributed by atoms with Crippen molar-refractivity contribution in [3.05, 3.63) is 11.8 Å². The Kier molecular flexibility index (Phi) is 6.91. The number of esters is 1.